The molecule has 5 nitrogen and oxygen atoms in total. The molecule has 1 saturated carbocycles. The van der Waals surface area contributed by atoms with Gasteiger partial charge in [-0.25, -0.2) is 8.42 Å². The molecule has 0 unspecified atom stereocenters. The molecule has 0 amide bonds. The highest BCUT2D eigenvalue weighted by Crippen LogP contribution is 2.30. The summed E-state index contributed by atoms with van der Waals surface area (Å²) in [5.74, 6) is 0.417. The minimum absolute atomic E-state index is 0.139. The Balaban J connectivity index is 2.39. The van der Waals surface area contributed by atoms with Gasteiger partial charge >= 0.3 is 0 Å². The Morgan fingerprint density at radius 1 is 1.42 bits per heavy atom. The second kappa shape index (κ2) is 5.42. The Morgan fingerprint density at radius 3 is 2.53 bits per heavy atom. The van der Waals surface area contributed by atoms with E-state index in [1.165, 1.54) is 4.31 Å². The number of aromatic nitrogens is 2. The quantitative estimate of drug-likeness (QED) is 0.781. The van der Waals surface area contributed by atoms with Crippen LogP contribution in [0, 0.1) is 13.8 Å². The summed E-state index contributed by atoms with van der Waals surface area (Å²) in [6.07, 6.45) is 3.00. The Bertz CT molecular complexity index is 564. The molecular formula is C12H20ClN3O2S. The summed E-state index contributed by atoms with van der Waals surface area (Å²) >= 11 is 5.71. The van der Waals surface area contributed by atoms with Crippen molar-refractivity contribution in [1.82, 2.24) is 14.1 Å². The Morgan fingerprint density at radius 2 is 2.05 bits per heavy atom. The lowest BCUT2D eigenvalue weighted by Crippen LogP contribution is -2.41. The van der Waals surface area contributed by atoms with Crippen LogP contribution in [-0.2, 0) is 16.6 Å². The van der Waals surface area contributed by atoms with Crippen molar-refractivity contribution in [2.24, 2.45) is 0 Å². The van der Waals surface area contributed by atoms with E-state index < -0.39 is 10.0 Å². The summed E-state index contributed by atoms with van der Waals surface area (Å²) < 4.78 is 28.5. The average molecular weight is 306 g/mol. The van der Waals surface area contributed by atoms with E-state index in [1.807, 2.05) is 0 Å². The third-order valence-corrected chi connectivity index (χ3v) is 6.17. The Kier molecular flexibility index (Phi) is 4.23. The van der Waals surface area contributed by atoms with E-state index in [1.54, 1.807) is 25.6 Å². The number of halogens is 1. The number of aryl methyl sites for hydroxylation is 2. The van der Waals surface area contributed by atoms with Gasteiger partial charge in [0.25, 0.3) is 0 Å². The molecule has 1 aliphatic rings. The Labute approximate surface area is 119 Å². The fourth-order valence-corrected chi connectivity index (χ4v) is 4.39. The van der Waals surface area contributed by atoms with Gasteiger partial charge in [0.15, 0.2) is 0 Å². The monoisotopic (exact) mass is 305 g/mol. The van der Waals surface area contributed by atoms with Gasteiger partial charge in [-0.05, 0) is 26.7 Å². The van der Waals surface area contributed by atoms with Crippen LogP contribution in [0.15, 0.2) is 4.90 Å². The number of hydrogen-bond acceptors (Lipinski definition) is 3. The summed E-state index contributed by atoms with van der Waals surface area (Å²) in [5, 5.41) is 4.28. The highest BCUT2D eigenvalue weighted by atomic mass is 35.5. The van der Waals surface area contributed by atoms with Crippen molar-refractivity contribution in [3.05, 3.63) is 11.4 Å². The molecule has 19 heavy (non-hydrogen) atoms. The van der Waals surface area contributed by atoms with Gasteiger partial charge in [-0.3, -0.25) is 4.68 Å². The van der Waals surface area contributed by atoms with Crippen LogP contribution in [0.1, 0.15) is 30.7 Å². The zero-order chi connectivity index (χ0) is 14.2. The molecule has 0 spiro atoms. The molecular weight excluding hydrogens is 286 g/mol. The SMILES string of the molecule is Cc1nn(CCCl)c(C)c1S(=O)(=O)N(C)C1CCC1. The second-order valence-electron chi connectivity index (χ2n) is 5.02. The third kappa shape index (κ3) is 2.53. The van der Waals surface area contributed by atoms with Crippen LogP contribution in [0.3, 0.4) is 0 Å². The molecule has 1 heterocycles. The molecule has 2 rings (SSSR count). The van der Waals surface area contributed by atoms with E-state index in [2.05, 4.69) is 5.10 Å². The molecule has 0 radical (unpaired) electrons. The molecule has 1 aliphatic carbocycles. The molecule has 0 atom stereocenters. The molecule has 0 N–H and O–H groups in total. The third-order valence-electron chi connectivity index (χ3n) is 3.84. The lowest BCUT2D eigenvalue weighted by Gasteiger charge is -2.33. The first-order valence-corrected chi connectivity index (χ1v) is 8.45. The molecule has 7 heteroatoms. The van der Waals surface area contributed by atoms with Crippen LogP contribution in [-0.4, -0.2) is 41.5 Å². The van der Waals surface area contributed by atoms with Gasteiger partial charge in [-0.2, -0.15) is 9.40 Å². The molecule has 0 saturated heterocycles. The van der Waals surface area contributed by atoms with Crippen molar-refractivity contribution < 1.29 is 8.42 Å². The summed E-state index contributed by atoms with van der Waals surface area (Å²) in [4.78, 5) is 0.340. The number of nitrogens with zero attached hydrogens (tertiary/aromatic N) is 3. The standard InChI is InChI=1S/C12H20ClN3O2S/c1-9-12(10(2)16(14-9)8-7-13)19(17,18)15(3)11-5-4-6-11/h11H,4-8H2,1-3H3. The smallest absolute Gasteiger partial charge is 0.246 e. The summed E-state index contributed by atoms with van der Waals surface area (Å²) in [5.41, 5.74) is 1.22. The first-order chi connectivity index (χ1) is 8.89. The minimum atomic E-state index is -3.45. The van der Waals surface area contributed by atoms with Gasteiger partial charge in [-0.15, -0.1) is 11.6 Å². The summed E-state index contributed by atoms with van der Waals surface area (Å²) in [7, 11) is -1.79. The van der Waals surface area contributed by atoms with Crippen molar-refractivity contribution in [2.75, 3.05) is 12.9 Å². The molecule has 1 aromatic heterocycles. The van der Waals surface area contributed by atoms with Crippen molar-refractivity contribution in [3.8, 4) is 0 Å². The lowest BCUT2D eigenvalue weighted by atomic mass is 9.94. The van der Waals surface area contributed by atoms with Crippen molar-refractivity contribution in [1.29, 1.82) is 0 Å². The summed E-state index contributed by atoms with van der Waals surface area (Å²) in [6, 6.07) is 0.139. The molecule has 1 aromatic rings. The van der Waals surface area contributed by atoms with Gasteiger partial charge in [0.1, 0.15) is 4.90 Å². The highest BCUT2D eigenvalue weighted by molar-refractivity contribution is 7.89. The zero-order valence-electron chi connectivity index (χ0n) is 11.6. The van der Waals surface area contributed by atoms with E-state index in [9.17, 15) is 8.42 Å². The van der Waals surface area contributed by atoms with Crippen LogP contribution in [0.2, 0.25) is 0 Å². The first kappa shape index (κ1) is 14.8. The Hall–Kier alpha value is -0.590. The van der Waals surface area contributed by atoms with Crippen LogP contribution >= 0.6 is 11.6 Å². The molecule has 0 bridgehead atoms. The average Bonchev–Trinajstić information content (AvgIpc) is 2.52. The largest absolute Gasteiger partial charge is 0.267 e. The van der Waals surface area contributed by atoms with E-state index in [-0.39, 0.29) is 6.04 Å². The predicted molar refractivity (Wildman–Crippen MR) is 75.0 cm³/mol. The fourth-order valence-electron chi connectivity index (χ4n) is 2.44. The van der Waals surface area contributed by atoms with Crippen LogP contribution < -0.4 is 0 Å². The van der Waals surface area contributed by atoms with Gasteiger partial charge in [0, 0.05) is 19.0 Å². The van der Waals surface area contributed by atoms with Crippen molar-refractivity contribution in [2.45, 2.75) is 50.6 Å². The topological polar surface area (TPSA) is 55.2 Å². The van der Waals surface area contributed by atoms with Gasteiger partial charge in [0.2, 0.25) is 10.0 Å². The van der Waals surface area contributed by atoms with Crippen molar-refractivity contribution in [3.63, 3.8) is 0 Å². The van der Waals surface area contributed by atoms with E-state index in [4.69, 9.17) is 11.6 Å². The van der Waals surface area contributed by atoms with Gasteiger partial charge in [0.05, 0.1) is 17.9 Å². The van der Waals surface area contributed by atoms with E-state index in [0.29, 0.717) is 28.7 Å². The highest BCUT2D eigenvalue weighted by Gasteiger charge is 2.35. The zero-order valence-corrected chi connectivity index (χ0v) is 13.1. The first-order valence-electron chi connectivity index (χ1n) is 6.47. The molecule has 0 aromatic carbocycles. The van der Waals surface area contributed by atoms with E-state index in [0.717, 1.165) is 19.3 Å². The number of hydrogen-bond donors (Lipinski definition) is 0. The van der Waals surface area contributed by atoms with Crippen LogP contribution in [0.25, 0.3) is 0 Å². The van der Waals surface area contributed by atoms with Crippen LogP contribution in [0.5, 0.6) is 0 Å². The normalized spacial score (nSPS) is 16.9. The number of sulfonamides is 1. The summed E-state index contributed by atoms with van der Waals surface area (Å²) in [6.45, 7) is 4.05. The predicted octanol–water partition coefficient (Wildman–Crippen LogP) is 1.91. The maximum Gasteiger partial charge on any atom is 0.246 e. The number of rotatable bonds is 5. The maximum atomic E-state index is 12.7. The number of alkyl halides is 1. The van der Waals surface area contributed by atoms with Gasteiger partial charge in [-0.1, -0.05) is 6.42 Å². The van der Waals surface area contributed by atoms with Gasteiger partial charge < -0.3 is 0 Å². The second-order valence-corrected chi connectivity index (χ2v) is 7.33. The van der Waals surface area contributed by atoms with E-state index >= 15 is 0 Å². The fraction of sp³-hybridized carbons (Fsp3) is 0.750. The molecule has 108 valence electrons. The van der Waals surface area contributed by atoms with Crippen molar-refractivity contribution >= 4 is 21.6 Å². The molecule has 1 fully saturated rings. The van der Waals surface area contributed by atoms with Crippen LogP contribution in [0.4, 0.5) is 0 Å². The maximum absolute atomic E-state index is 12.7. The minimum Gasteiger partial charge on any atom is -0.267 e. The lowest BCUT2D eigenvalue weighted by molar-refractivity contribution is 0.249. The molecule has 0 aliphatic heterocycles.